The molecule has 3 N–H and O–H groups in total. The normalized spacial score (nSPS) is 11.7. The van der Waals surface area contributed by atoms with E-state index in [4.69, 9.17) is 10.6 Å². The fourth-order valence-electron chi connectivity index (χ4n) is 1.62. The van der Waals surface area contributed by atoms with Crippen LogP contribution >= 0.6 is 0 Å². The molecule has 0 saturated heterocycles. The molecule has 0 aliphatic rings. The van der Waals surface area contributed by atoms with Gasteiger partial charge in [0, 0.05) is 6.07 Å². The van der Waals surface area contributed by atoms with Crippen molar-refractivity contribution >= 4 is 11.6 Å². The van der Waals surface area contributed by atoms with Crippen molar-refractivity contribution in [3.05, 3.63) is 33.9 Å². The summed E-state index contributed by atoms with van der Waals surface area (Å²) in [5.74, 6) is 4.65. The fourth-order valence-corrected chi connectivity index (χ4v) is 1.62. The van der Waals surface area contributed by atoms with Crippen molar-refractivity contribution in [2.24, 2.45) is 5.84 Å². The number of benzene rings is 1. The standard InChI is InChI=1S/C12H17N3O4/c1-3-4-10(12(16)14-13)19-11-7-8(2)5-6-9(11)15(17)18/h5-7,10H,3-4,13H2,1-2H3,(H,14,16). The second-order valence-corrected chi connectivity index (χ2v) is 4.13. The second kappa shape index (κ2) is 6.69. The van der Waals surface area contributed by atoms with Gasteiger partial charge in [-0.25, -0.2) is 5.84 Å². The summed E-state index contributed by atoms with van der Waals surface area (Å²) < 4.78 is 5.45. The van der Waals surface area contributed by atoms with Crippen molar-refractivity contribution in [2.75, 3.05) is 0 Å². The Morgan fingerprint density at radius 1 is 1.58 bits per heavy atom. The lowest BCUT2D eigenvalue weighted by atomic mass is 10.2. The minimum atomic E-state index is -0.838. The second-order valence-electron chi connectivity index (χ2n) is 4.13. The average Bonchev–Trinajstić information content (AvgIpc) is 2.37. The molecule has 1 atom stereocenters. The molecule has 1 aromatic carbocycles. The number of hydrogen-bond donors (Lipinski definition) is 2. The Kier molecular flexibility index (Phi) is 5.25. The van der Waals surface area contributed by atoms with Crippen LogP contribution in [0.5, 0.6) is 5.75 Å². The Labute approximate surface area is 110 Å². The van der Waals surface area contributed by atoms with Gasteiger partial charge in [0.15, 0.2) is 11.9 Å². The van der Waals surface area contributed by atoms with Crippen LogP contribution in [0.1, 0.15) is 25.3 Å². The van der Waals surface area contributed by atoms with E-state index in [2.05, 4.69) is 0 Å². The number of nitrogens with zero attached hydrogens (tertiary/aromatic N) is 1. The zero-order valence-electron chi connectivity index (χ0n) is 10.9. The fraction of sp³-hybridized carbons (Fsp3) is 0.417. The predicted molar refractivity (Wildman–Crippen MR) is 69.5 cm³/mol. The SMILES string of the molecule is CCCC(Oc1cc(C)ccc1[N+](=O)[O-])C(=O)NN. The molecule has 0 radical (unpaired) electrons. The zero-order valence-corrected chi connectivity index (χ0v) is 10.9. The minimum Gasteiger partial charge on any atom is -0.473 e. The highest BCUT2D eigenvalue weighted by molar-refractivity contribution is 5.80. The topological polar surface area (TPSA) is 107 Å². The molecule has 1 unspecified atom stereocenters. The van der Waals surface area contributed by atoms with Gasteiger partial charge in [0.2, 0.25) is 0 Å². The van der Waals surface area contributed by atoms with Gasteiger partial charge in [-0.15, -0.1) is 0 Å². The molecule has 1 aromatic rings. The van der Waals surface area contributed by atoms with Gasteiger partial charge in [-0.3, -0.25) is 20.3 Å². The molecule has 7 nitrogen and oxygen atoms in total. The van der Waals surface area contributed by atoms with Gasteiger partial charge in [-0.2, -0.15) is 0 Å². The first-order chi connectivity index (χ1) is 8.99. The number of hydrogen-bond acceptors (Lipinski definition) is 5. The lowest BCUT2D eigenvalue weighted by Crippen LogP contribution is -2.42. The molecule has 0 aliphatic carbocycles. The summed E-state index contributed by atoms with van der Waals surface area (Å²) in [7, 11) is 0. The summed E-state index contributed by atoms with van der Waals surface area (Å²) in [5.41, 5.74) is 2.64. The Morgan fingerprint density at radius 3 is 2.79 bits per heavy atom. The van der Waals surface area contributed by atoms with Crippen molar-refractivity contribution in [1.29, 1.82) is 0 Å². The van der Waals surface area contributed by atoms with Crippen LogP contribution in [0, 0.1) is 17.0 Å². The van der Waals surface area contributed by atoms with Gasteiger partial charge >= 0.3 is 5.69 Å². The number of nitro groups is 1. The summed E-state index contributed by atoms with van der Waals surface area (Å²) in [6.45, 7) is 3.67. The molecule has 0 aliphatic heterocycles. The molecule has 1 amide bonds. The molecule has 0 bridgehead atoms. The summed E-state index contributed by atoms with van der Waals surface area (Å²) in [6, 6.07) is 4.50. The monoisotopic (exact) mass is 267 g/mol. The van der Waals surface area contributed by atoms with Crippen molar-refractivity contribution in [3.8, 4) is 5.75 Å². The van der Waals surface area contributed by atoms with Crippen molar-refractivity contribution in [1.82, 2.24) is 5.43 Å². The van der Waals surface area contributed by atoms with Crippen LogP contribution in [-0.4, -0.2) is 16.9 Å². The summed E-state index contributed by atoms with van der Waals surface area (Å²) in [5, 5.41) is 10.9. The number of rotatable bonds is 6. The Morgan fingerprint density at radius 2 is 2.26 bits per heavy atom. The number of nitrogens with one attached hydrogen (secondary N) is 1. The molecular formula is C12H17N3O4. The number of aryl methyl sites for hydroxylation is 1. The Balaban J connectivity index is 3.04. The molecule has 0 aromatic heterocycles. The summed E-state index contributed by atoms with van der Waals surface area (Å²) in [6.07, 6.45) is 0.279. The van der Waals surface area contributed by atoms with E-state index in [0.29, 0.717) is 12.8 Å². The van der Waals surface area contributed by atoms with E-state index in [1.807, 2.05) is 12.3 Å². The van der Waals surface area contributed by atoms with Gasteiger partial charge in [-0.1, -0.05) is 19.4 Å². The average molecular weight is 267 g/mol. The van der Waals surface area contributed by atoms with Gasteiger partial charge in [-0.05, 0) is 25.0 Å². The highest BCUT2D eigenvalue weighted by Crippen LogP contribution is 2.29. The van der Waals surface area contributed by atoms with Gasteiger partial charge in [0.1, 0.15) is 0 Å². The molecule has 0 saturated carbocycles. The Bertz CT molecular complexity index is 476. The highest BCUT2D eigenvalue weighted by atomic mass is 16.6. The third kappa shape index (κ3) is 3.92. The number of carbonyl (C=O) groups is 1. The maximum absolute atomic E-state index is 11.5. The van der Waals surface area contributed by atoms with Crippen LogP contribution in [0.15, 0.2) is 18.2 Å². The van der Waals surface area contributed by atoms with E-state index in [1.54, 1.807) is 13.0 Å². The maximum atomic E-state index is 11.5. The molecular weight excluding hydrogens is 250 g/mol. The van der Waals surface area contributed by atoms with E-state index in [0.717, 1.165) is 5.56 Å². The molecule has 7 heteroatoms. The first-order valence-corrected chi connectivity index (χ1v) is 5.91. The minimum absolute atomic E-state index is 0.0760. The third-order valence-electron chi connectivity index (χ3n) is 2.57. The largest absolute Gasteiger partial charge is 0.473 e. The van der Waals surface area contributed by atoms with Gasteiger partial charge in [0.25, 0.3) is 5.91 Å². The number of amides is 1. The number of nitrogens with two attached hydrogens (primary N) is 1. The van der Waals surface area contributed by atoms with E-state index in [9.17, 15) is 14.9 Å². The lowest BCUT2D eigenvalue weighted by Gasteiger charge is -2.17. The first kappa shape index (κ1) is 14.9. The maximum Gasteiger partial charge on any atom is 0.310 e. The van der Waals surface area contributed by atoms with Crippen LogP contribution in [-0.2, 0) is 4.79 Å². The van der Waals surface area contributed by atoms with E-state index in [1.165, 1.54) is 12.1 Å². The molecule has 0 spiro atoms. The van der Waals surface area contributed by atoms with Crippen LogP contribution in [0.25, 0.3) is 0 Å². The lowest BCUT2D eigenvalue weighted by molar-refractivity contribution is -0.386. The quantitative estimate of drug-likeness (QED) is 0.351. The van der Waals surface area contributed by atoms with Crippen molar-refractivity contribution < 1.29 is 14.5 Å². The first-order valence-electron chi connectivity index (χ1n) is 5.91. The van der Waals surface area contributed by atoms with Crippen molar-refractivity contribution in [3.63, 3.8) is 0 Å². The van der Waals surface area contributed by atoms with Crippen molar-refractivity contribution in [2.45, 2.75) is 32.8 Å². The number of hydrazine groups is 1. The van der Waals surface area contributed by atoms with E-state index >= 15 is 0 Å². The smallest absolute Gasteiger partial charge is 0.310 e. The van der Waals surface area contributed by atoms with Gasteiger partial charge in [0.05, 0.1) is 4.92 Å². The Hall–Kier alpha value is -2.15. The predicted octanol–water partition coefficient (Wildman–Crippen LogP) is 1.44. The summed E-state index contributed by atoms with van der Waals surface area (Å²) >= 11 is 0. The molecule has 0 fully saturated rings. The molecule has 19 heavy (non-hydrogen) atoms. The molecule has 0 heterocycles. The van der Waals surface area contributed by atoms with Crippen LogP contribution in [0.2, 0.25) is 0 Å². The van der Waals surface area contributed by atoms with Gasteiger partial charge < -0.3 is 4.74 Å². The highest BCUT2D eigenvalue weighted by Gasteiger charge is 2.23. The molecule has 1 rings (SSSR count). The third-order valence-corrected chi connectivity index (χ3v) is 2.57. The number of ether oxygens (including phenoxy) is 1. The molecule has 104 valence electrons. The van der Waals surface area contributed by atoms with Crippen LogP contribution < -0.4 is 16.0 Å². The zero-order chi connectivity index (χ0) is 14.4. The van der Waals surface area contributed by atoms with Crippen LogP contribution in [0.3, 0.4) is 0 Å². The number of carbonyl (C=O) groups excluding carboxylic acids is 1. The van der Waals surface area contributed by atoms with E-state index < -0.39 is 16.9 Å². The van der Waals surface area contributed by atoms with E-state index in [-0.39, 0.29) is 11.4 Å². The van der Waals surface area contributed by atoms with Crippen LogP contribution in [0.4, 0.5) is 5.69 Å². The summed E-state index contributed by atoms with van der Waals surface area (Å²) in [4.78, 5) is 21.9. The number of nitro benzene ring substituents is 1.